The van der Waals surface area contributed by atoms with Crippen LogP contribution >= 0.6 is 0 Å². The van der Waals surface area contributed by atoms with Gasteiger partial charge in [0, 0.05) is 0 Å². The quantitative estimate of drug-likeness (QED) is 0.496. The molecule has 0 amide bonds. The van der Waals surface area contributed by atoms with Gasteiger partial charge in [0.1, 0.15) is 0 Å². The fraction of sp³-hybridized carbons (Fsp3) is 1.00. The minimum atomic E-state index is -1.17. The third kappa shape index (κ3) is 6.97. The third-order valence-electron chi connectivity index (χ3n) is 4.66. The molecular weight excluding hydrogens is 232 g/mol. The molecular formula is C17H38Si. The van der Waals surface area contributed by atoms with E-state index in [0.29, 0.717) is 15.9 Å². The van der Waals surface area contributed by atoms with Crippen LogP contribution in [0.2, 0.25) is 23.7 Å². The second-order valence-electron chi connectivity index (χ2n) is 9.93. The van der Waals surface area contributed by atoms with Crippen LogP contribution in [0.25, 0.3) is 0 Å². The maximum absolute atomic E-state index is 2.64. The molecule has 0 unspecified atom stereocenters. The molecule has 0 fully saturated rings. The molecule has 0 saturated heterocycles. The zero-order chi connectivity index (χ0) is 14.8. The van der Waals surface area contributed by atoms with Crippen molar-refractivity contribution in [2.45, 2.75) is 98.8 Å². The molecule has 0 aromatic rings. The van der Waals surface area contributed by atoms with Crippen molar-refractivity contribution in [3.05, 3.63) is 0 Å². The molecule has 0 aliphatic heterocycles. The number of rotatable bonds is 4. The molecule has 110 valence electrons. The lowest BCUT2D eigenvalue weighted by atomic mass is 9.93. The summed E-state index contributed by atoms with van der Waals surface area (Å²) in [7, 11) is -1.17. The first-order chi connectivity index (χ1) is 7.66. The van der Waals surface area contributed by atoms with E-state index in [-0.39, 0.29) is 0 Å². The summed E-state index contributed by atoms with van der Waals surface area (Å²) in [6.07, 6.45) is 2.77. The molecule has 0 spiro atoms. The first-order valence-corrected chi connectivity index (χ1v) is 10.6. The number of hydrogen-bond donors (Lipinski definition) is 0. The fourth-order valence-electron chi connectivity index (χ4n) is 2.18. The Labute approximate surface area is 118 Å². The lowest BCUT2D eigenvalue weighted by molar-refractivity contribution is 0.382. The first-order valence-electron chi connectivity index (χ1n) is 7.66. The van der Waals surface area contributed by atoms with Crippen LogP contribution in [0.15, 0.2) is 0 Å². The molecule has 1 heteroatoms. The first kappa shape index (κ1) is 18.2. The van der Waals surface area contributed by atoms with Crippen molar-refractivity contribution in [3.63, 3.8) is 0 Å². The molecule has 0 N–H and O–H groups in total. The summed E-state index contributed by atoms with van der Waals surface area (Å²) in [4.78, 5) is 0. The van der Waals surface area contributed by atoms with Crippen LogP contribution in [0, 0.1) is 10.8 Å². The lowest BCUT2D eigenvalue weighted by Gasteiger charge is -2.43. The van der Waals surface area contributed by atoms with E-state index < -0.39 is 8.07 Å². The number of hydrogen-bond acceptors (Lipinski definition) is 0. The summed E-state index contributed by atoms with van der Waals surface area (Å²) < 4.78 is 0. The average Bonchev–Trinajstić information content (AvgIpc) is 2.07. The van der Waals surface area contributed by atoms with Gasteiger partial charge in [0.15, 0.2) is 0 Å². The van der Waals surface area contributed by atoms with E-state index in [1.54, 1.807) is 0 Å². The van der Waals surface area contributed by atoms with Crippen LogP contribution in [-0.4, -0.2) is 8.07 Å². The largest absolute Gasteiger partial charge is 0.0688 e. The normalized spacial score (nSPS) is 15.0. The van der Waals surface area contributed by atoms with E-state index in [4.69, 9.17) is 0 Å². The summed E-state index contributed by atoms with van der Waals surface area (Å²) in [5, 5.41) is 0.531. The molecule has 0 aliphatic carbocycles. The Morgan fingerprint density at radius 1 is 0.611 bits per heavy atom. The SMILES string of the molecule is CC(C)(C)CC[Si](C)(CCC(C)(C)C)C(C)(C)C. The molecule has 0 nitrogen and oxygen atoms in total. The van der Waals surface area contributed by atoms with Gasteiger partial charge in [-0.05, 0) is 15.9 Å². The highest BCUT2D eigenvalue weighted by Crippen LogP contribution is 2.46. The van der Waals surface area contributed by atoms with Crippen LogP contribution in [0.3, 0.4) is 0 Å². The molecule has 0 bridgehead atoms. The van der Waals surface area contributed by atoms with Gasteiger partial charge in [-0.15, -0.1) is 0 Å². The molecule has 0 radical (unpaired) electrons. The minimum absolute atomic E-state index is 0.487. The van der Waals surface area contributed by atoms with Crippen molar-refractivity contribution in [3.8, 4) is 0 Å². The Bertz CT molecular complexity index is 226. The van der Waals surface area contributed by atoms with E-state index >= 15 is 0 Å². The van der Waals surface area contributed by atoms with Crippen LogP contribution in [0.4, 0.5) is 0 Å². The summed E-state index contributed by atoms with van der Waals surface area (Å²) in [5.41, 5.74) is 0.975. The molecule has 0 aromatic carbocycles. The zero-order valence-corrected chi connectivity index (χ0v) is 15.8. The maximum atomic E-state index is 2.64. The molecule has 0 rings (SSSR count). The van der Waals surface area contributed by atoms with Gasteiger partial charge in [-0.3, -0.25) is 0 Å². The molecule has 0 saturated carbocycles. The van der Waals surface area contributed by atoms with E-state index in [1.165, 1.54) is 24.9 Å². The summed E-state index contributed by atoms with van der Waals surface area (Å²) in [5.74, 6) is 0. The molecule has 0 heterocycles. The Hall–Kier alpha value is 0.217. The molecule has 0 atom stereocenters. The second kappa shape index (κ2) is 5.69. The van der Waals surface area contributed by atoms with E-state index in [9.17, 15) is 0 Å². The highest BCUT2D eigenvalue weighted by atomic mass is 28.3. The van der Waals surface area contributed by atoms with Crippen molar-refractivity contribution >= 4 is 8.07 Å². The second-order valence-corrected chi connectivity index (χ2v) is 15.6. The minimum Gasteiger partial charge on any atom is -0.0688 e. The van der Waals surface area contributed by atoms with E-state index in [1.807, 2.05) is 0 Å². The maximum Gasteiger partial charge on any atom is 0.0559 e. The third-order valence-corrected chi connectivity index (χ3v) is 11.0. The van der Waals surface area contributed by atoms with Gasteiger partial charge in [-0.1, -0.05) is 93.8 Å². The van der Waals surface area contributed by atoms with Gasteiger partial charge in [-0.2, -0.15) is 0 Å². The Morgan fingerprint density at radius 3 is 1.06 bits per heavy atom. The fourth-order valence-corrected chi connectivity index (χ4v) is 6.53. The summed E-state index contributed by atoms with van der Waals surface area (Å²) >= 11 is 0. The Morgan fingerprint density at radius 2 is 0.889 bits per heavy atom. The topological polar surface area (TPSA) is 0 Å². The van der Waals surface area contributed by atoms with Gasteiger partial charge in [0.2, 0.25) is 0 Å². The van der Waals surface area contributed by atoms with Crippen LogP contribution < -0.4 is 0 Å². The zero-order valence-electron chi connectivity index (χ0n) is 14.8. The predicted molar refractivity (Wildman–Crippen MR) is 89.1 cm³/mol. The van der Waals surface area contributed by atoms with Crippen molar-refractivity contribution in [2.75, 3.05) is 0 Å². The molecule has 0 aromatic heterocycles. The van der Waals surface area contributed by atoms with Crippen molar-refractivity contribution in [1.29, 1.82) is 0 Å². The summed E-state index contributed by atoms with van der Waals surface area (Å²) in [6.45, 7) is 24.4. The van der Waals surface area contributed by atoms with Crippen molar-refractivity contribution in [1.82, 2.24) is 0 Å². The highest BCUT2D eigenvalue weighted by molar-refractivity contribution is 6.81. The monoisotopic (exact) mass is 270 g/mol. The predicted octanol–water partition coefficient (Wildman–Crippen LogP) is 6.74. The van der Waals surface area contributed by atoms with Gasteiger partial charge < -0.3 is 0 Å². The van der Waals surface area contributed by atoms with Crippen LogP contribution in [-0.2, 0) is 0 Å². The van der Waals surface area contributed by atoms with Gasteiger partial charge in [-0.25, -0.2) is 0 Å². The molecule has 18 heavy (non-hydrogen) atoms. The Kier molecular flexibility index (Phi) is 5.76. The summed E-state index contributed by atoms with van der Waals surface area (Å²) in [6, 6.07) is 2.96. The smallest absolute Gasteiger partial charge is 0.0559 e. The average molecular weight is 271 g/mol. The lowest BCUT2D eigenvalue weighted by Crippen LogP contribution is -2.41. The van der Waals surface area contributed by atoms with Gasteiger partial charge in [0.25, 0.3) is 0 Å². The van der Waals surface area contributed by atoms with Crippen molar-refractivity contribution < 1.29 is 0 Å². The van der Waals surface area contributed by atoms with Crippen LogP contribution in [0.5, 0.6) is 0 Å². The Balaban J connectivity index is 4.76. The van der Waals surface area contributed by atoms with E-state index in [2.05, 4.69) is 68.9 Å². The molecule has 0 aliphatic rings. The van der Waals surface area contributed by atoms with Crippen LogP contribution in [0.1, 0.15) is 75.2 Å². The van der Waals surface area contributed by atoms with E-state index in [0.717, 1.165) is 0 Å². The standard InChI is InChI=1S/C17H38Si/c1-15(2,3)11-13-18(10,17(7,8)9)14-12-16(4,5)6/h11-14H2,1-10H3. The highest BCUT2D eigenvalue weighted by Gasteiger charge is 2.40. The van der Waals surface area contributed by atoms with Gasteiger partial charge >= 0.3 is 0 Å². The van der Waals surface area contributed by atoms with Crippen molar-refractivity contribution in [2.24, 2.45) is 10.8 Å². The van der Waals surface area contributed by atoms with Gasteiger partial charge in [0.05, 0.1) is 8.07 Å².